The van der Waals surface area contributed by atoms with Gasteiger partial charge in [-0.1, -0.05) is 23.7 Å². The number of nitro groups is 1. The molecule has 1 saturated heterocycles. The number of likely N-dealkylation sites (tertiary alicyclic amines) is 1. The van der Waals surface area contributed by atoms with Crippen LogP contribution in [-0.2, 0) is 4.79 Å². The molecule has 1 aliphatic heterocycles. The summed E-state index contributed by atoms with van der Waals surface area (Å²) in [6.07, 6.45) is 1.64. The largest absolute Gasteiger partial charge is 0.377 e. The molecule has 2 aromatic carbocycles. The molecule has 0 atom stereocenters. The fourth-order valence-corrected chi connectivity index (χ4v) is 3.27. The van der Waals surface area contributed by atoms with Gasteiger partial charge < -0.3 is 10.6 Å². The molecule has 27 heavy (non-hydrogen) atoms. The van der Waals surface area contributed by atoms with Crippen LogP contribution in [0.4, 0.5) is 17.1 Å². The van der Waals surface area contributed by atoms with Crippen molar-refractivity contribution in [2.24, 2.45) is 0 Å². The summed E-state index contributed by atoms with van der Waals surface area (Å²) in [6, 6.07) is 13.8. The predicted octanol–water partition coefficient (Wildman–Crippen LogP) is 3.76. The number of benzene rings is 2. The normalized spacial score (nSPS) is 15.3. The average Bonchev–Trinajstić information content (AvgIpc) is 2.65. The summed E-state index contributed by atoms with van der Waals surface area (Å²) in [4.78, 5) is 25.0. The number of nitro benzene ring substituents is 1. The Labute approximate surface area is 162 Å². The van der Waals surface area contributed by atoms with Crippen molar-refractivity contribution in [2.75, 3.05) is 30.3 Å². The van der Waals surface area contributed by atoms with Crippen LogP contribution >= 0.6 is 11.6 Å². The van der Waals surface area contributed by atoms with Crippen molar-refractivity contribution in [3.05, 3.63) is 63.7 Å². The molecule has 8 heteroatoms. The number of rotatable bonds is 6. The van der Waals surface area contributed by atoms with E-state index >= 15 is 0 Å². The highest BCUT2D eigenvalue weighted by Crippen LogP contribution is 2.26. The molecule has 1 heterocycles. The van der Waals surface area contributed by atoms with Gasteiger partial charge in [0.05, 0.1) is 11.5 Å². The van der Waals surface area contributed by atoms with Gasteiger partial charge in [-0.3, -0.25) is 19.8 Å². The monoisotopic (exact) mass is 388 g/mol. The van der Waals surface area contributed by atoms with Gasteiger partial charge in [0.1, 0.15) is 5.69 Å². The van der Waals surface area contributed by atoms with Crippen molar-refractivity contribution < 1.29 is 9.72 Å². The second kappa shape index (κ2) is 8.83. The van der Waals surface area contributed by atoms with Gasteiger partial charge in [0.2, 0.25) is 5.91 Å². The van der Waals surface area contributed by atoms with Crippen LogP contribution in [0.3, 0.4) is 0 Å². The first kappa shape index (κ1) is 19.1. The molecular formula is C19H21ClN4O3. The minimum Gasteiger partial charge on any atom is -0.377 e. The number of hydrogen-bond donors (Lipinski definition) is 2. The van der Waals surface area contributed by atoms with E-state index in [1.165, 1.54) is 6.07 Å². The Morgan fingerprint density at radius 2 is 1.81 bits per heavy atom. The zero-order valence-corrected chi connectivity index (χ0v) is 15.5. The van der Waals surface area contributed by atoms with Gasteiger partial charge in [0.25, 0.3) is 5.69 Å². The van der Waals surface area contributed by atoms with E-state index in [0.717, 1.165) is 31.6 Å². The quantitative estimate of drug-likeness (QED) is 0.581. The fraction of sp³-hybridized carbons (Fsp3) is 0.316. The van der Waals surface area contributed by atoms with Crippen LogP contribution in [0.15, 0.2) is 48.5 Å². The Kier molecular flexibility index (Phi) is 6.26. The maximum Gasteiger partial charge on any atom is 0.292 e. The van der Waals surface area contributed by atoms with E-state index in [0.29, 0.717) is 17.3 Å². The first-order valence-corrected chi connectivity index (χ1v) is 9.17. The standard InChI is InChI=1S/C19H21ClN4O3/c20-14-5-7-15(8-6-14)22-19(25)13-23-11-9-16(10-12-23)21-17-3-1-2-4-18(17)24(26)27/h1-8,16,21H,9-13H2,(H,22,25). The first-order valence-electron chi connectivity index (χ1n) is 8.79. The molecule has 0 unspecified atom stereocenters. The third-order valence-corrected chi connectivity index (χ3v) is 4.80. The van der Waals surface area contributed by atoms with Crippen molar-refractivity contribution in [1.29, 1.82) is 0 Å². The number of para-hydroxylation sites is 2. The van der Waals surface area contributed by atoms with Gasteiger partial charge in [-0.05, 0) is 43.2 Å². The molecule has 142 valence electrons. The Morgan fingerprint density at radius 1 is 1.15 bits per heavy atom. The van der Waals surface area contributed by atoms with Crippen molar-refractivity contribution in [1.82, 2.24) is 4.90 Å². The van der Waals surface area contributed by atoms with Crippen LogP contribution in [0.1, 0.15) is 12.8 Å². The maximum absolute atomic E-state index is 12.2. The number of carbonyl (C=O) groups is 1. The van der Waals surface area contributed by atoms with Gasteiger partial charge in [-0.25, -0.2) is 0 Å². The average molecular weight is 389 g/mol. The lowest BCUT2D eigenvalue weighted by molar-refractivity contribution is -0.384. The summed E-state index contributed by atoms with van der Waals surface area (Å²) in [5.74, 6) is -0.0672. The topological polar surface area (TPSA) is 87.5 Å². The van der Waals surface area contributed by atoms with Gasteiger partial charge in [0.15, 0.2) is 0 Å². The summed E-state index contributed by atoms with van der Waals surface area (Å²) in [5.41, 5.74) is 1.35. The van der Waals surface area contributed by atoms with Crippen LogP contribution in [0.2, 0.25) is 5.02 Å². The summed E-state index contributed by atoms with van der Waals surface area (Å²) >= 11 is 5.84. The van der Waals surface area contributed by atoms with Gasteiger partial charge in [-0.15, -0.1) is 0 Å². The van der Waals surface area contributed by atoms with Gasteiger partial charge in [-0.2, -0.15) is 0 Å². The molecule has 1 fully saturated rings. The lowest BCUT2D eigenvalue weighted by atomic mass is 10.0. The molecule has 0 bridgehead atoms. The van der Waals surface area contributed by atoms with E-state index in [1.807, 2.05) is 0 Å². The summed E-state index contributed by atoms with van der Waals surface area (Å²) in [6.45, 7) is 1.83. The Balaban J connectivity index is 1.47. The number of nitrogens with zero attached hydrogens (tertiary/aromatic N) is 2. The van der Waals surface area contributed by atoms with Crippen LogP contribution < -0.4 is 10.6 Å². The van der Waals surface area contributed by atoms with Gasteiger partial charge in [0, 0.05) is 35.9 Å². The number of carbonyl (C=O) groups excluding carboxylic acids is 1. The Hall–Kier alpha value is -2.64. The number of hydrogen-bond acceptors (Lipinski definition) is 5. The number of halogens is 1. The molecule has 0 aromatic heterocycles. The molecule has 1 amide bonds. The number of anilines is 2. The minimum atomic E-state index is -0.376. The highest BCUT2D eigenvalue weighted by molar-refractivity contribution is 6.30. The predicted molar refractivity (Wildman–Crippen MR) is 106 cm³/mol. The second-order valence-electron chi connectivity index (χ2n) is 6.52. The first-order chi connectivity index (χ1) is 13.0. The Morgan fingerprint density at radius 3 is 2.48 bits per heavy atom. The summed E-state index contributed by atoms with van der Waals surface area (Å²) in [7, 11) is 0. The zero-order chi connectivity index (χ0) is 19.2. The summed E-state index contributed by atoms with van der Waals surface area (Å²) in [5, 5.41) is 17.9. The highest BCUT2D eigenvalue weighted by atomic mass is 35.5. The smallest absolute Gasteiger partial charge is 0.292 e. The number of nitrogens with one attached hydrogen (secondary N) is 2. The van der Waals surface area contributed by atoms with Crippen LogP contribution in [0.5, 0.6) is 0 Å². The minimum absolute atomic E-state index is 0.0672. The molecule has 0 spiro atoms. The van der Waals surface area contributed by atoms with Crippen LogP contribution in [0, 0.1) is 10.1 Å². The lowest BCUT2D eigenvalue weighted by Gasteiger charge is -2.32. The van der Waals surface area contributed by atoms with E-state index in [4.69, 9.17) is 11.6 Å². The molecule has 0 aliphatic carbocycles. The zero-order valence-electron chi connectivity index (χ0n) is 14.7. The van der Waals surface area contributed by atoms with Crippen molar-refractivity contribution in [2.45, 2.75) is 18.9 Å². The van der Waals surface area contributed by atoms with E-state index in [9.17, 15) is 14.9 Å². The highest BCUT2D eigenvalue weighted by Gasteiger charge is 2.23. The summed E-state index contributed by atoms with van der Waals surface area (Å²) < 4.78 is 0. The van der Waals surface area contributed by atoms with Crippen LogP contribution in [0.25, 0.3) is 0 Å². The van der Waals surface area contributed by atoms with E-state index in [1.54, 1.807) is 42.5 Å². The molecule has 7 nitrogen and oxygen atoms in total. The van der Waals surface area contributed by atoms with Crippen molar-refractivity contribution in [3.63, 3.8) is 0 Å². The maximum atomic E-state index is 12.2. The Bertz CT molecular complexity index is 805. The SMILES string of the molecule is O=C(CN1CCC(Nc2ccccc2[N+](=O)[O-])CC1)Nc1ccc(Cl)cc1. The third-order valence-electron chi connectivity index (χ3n) is 4.54. The van der Waals surface area contributed by atoms with E-state index in [-0.39, 0.29) is 22.6 Å². The molecule has 0 saturated carbocycles. The molecular weight excluding hydrogens is 368 g/mol. The number of piperidine rings is 1. The molecule has 2 N–H and O–H groups in total. The number of amides is 1. The molecule has 0 radical (unpaired) electrons. The second-order valence-corrected chi connectivity index (χ2v) is 6.96. The van der Waals surface area contributed by atoms with Crippen molar-refractivity contribution >= 4 is 34.6 Å². The molecule has 2 aromatic rings. The van der Waals surface area contributed by atoms with Crippen LogP contribution in [-0.4, -0.2) is 41.4 Å². The molecule has 3 rings (SSSR count). The van der Waals surface area contributed by atoms with Gasteiger partial charge >= 0.3 is 0 Å². The fourth-order valence-electron chi connectivity index (χ4n) is 3.15. The molecule has 1 aliphatic rings. The van der Waals surface area contributed by atoms with E-state index in [2.05, 4.69) is 15.5 Å². The lowest BCUT2D eigenvalue weighted by Crippen LogP contribution is -2.42. The van der Waals surface area contributed by atoms with E-state index < -0.39 is 0 Å². The van der Waals surface area contributed by atoms with Crippen molar-refractivity contribution in [3.8, 4) is 0 Å². The third kappa shape index (κ3) is 5.42.